The van der Waals surface area contributed by atoms with Gasteiger partial charge in [0, 0.05) is 54.0 Å². The van der Waals surface area contributed by atoms with Gasteiger partial charge in [-0.15, -0.1) is 11.3 Å². The third-order valence-electron chi connectivity index (χ3n) is 13.2. The summed E-state index contributed by atoms with van der Waals surface area (Å²) >= 11 is 1.86. The summed E-state index contributed by atoms with van der Waals surface area (Å²) in [5, 5.41) is 5.05. The van der Waals surface area contributed by atoms with Gasteiger partial charge in [-0.05, 0) is 129 Å². The van der Waals surface area contributed by atoms with Crippen LogP contribution in [0, 0.1) is 0 Å². The highest BCUT2D eigenvalue weighted by Gasteiger charge is 2.52. The molecule has 0 aliphatic heterocycles. The van der Waals surface area contributed by atoms with Gasteiger partial charge in [0.05, 0.1) is 11.1 Å². The molecular weight excluding hydrogens is 769 g/mol. The van der Waals surface area contributed by atoms with Crippen LogP contribution in [0.2, 0.25) is 0 Å². The lowest BCUT2D eigenvalue weighted by molar-refractivity contribution is 0.794. The molecule has 0 fully saturated rings. The van der Waals surface area contributed by atoms with E-state index in [2.05, 4.69) is 240 Å². The summed E-state index contributed by atoms with van der Waals surface area (Å²) in [6.07, 6.45) is 0. The highest BCUT2D eigenvalue weighted by Crippen LogP contribution is 2.65. The van der Waals surface area contributed by atoms with Crippen molar-refractivity contribution in [3.8, 4) is 22.3 Å². The first-order chi connectivity index (χ1) is 30.8. The third kappa shape index (κ3) is 4.97. The van der Waals surface area contributed by atoms with Crippen LogP contribution < -0.4 is 9.80 Å². The molecule has 62 heavy (non-hydrogen) atoms. The molecule has 13 rings (SSSR count). The van der Waals surface area contributed by atoms with Crippen LogP contribution in [0.15, 0.2) is 231 Å². The predicted molar refractivity (Wildman–Crippen MR) is 263 cm³/mol. The summed E-state index contributed by atoms with van der Waals surface area (Å²) in [5.74, 6) is 0. The number of fused-ring (bicyclic) bond motifs is 15. The Hall–Kier alpha value is -7.72. The minimum absolute atomic E-state index is 0.582. The highest BCUT2D eigenvalue weighted by atomic mass is 32.1. The van der Waals surface area contributed by atoms with Crippen molar-refractivity contribution in [3.05, 3.63) is 253 Å². The smallest absolute Gasteiger partial charge is 0.0727 e. The van der Waals surface area contributed by atoms with Gasteiger partial charge >= 0.3 is 0 Å². The van der Waals surface area contributed by atoms with Gasteiger partial charge in [-0.1, -0.05) is 152 Å². The van der Waals surface area contributed by atoms with Crippen molar-refractivity contribution in [1.82, 2.24) is 0 Å². The fourth-order valence-corrected chi connectivity index (χ4v) is 11.8. The lowest BCUT2D eigenvalue weighted by atomic mass is 9.70. The Morgan fingerprint density at radius 1 is 0.290 bits per heavy atom. The second-order valence-corrected chi connectivity index (χ2v) is 17.5. The van der Waals surface area contributed by atoms with E-state index in [9.17, 15) is 0 Å². The fourth-order valence-electron chi connectivity index (χ4n) is 10.7. The molecule has 2 aliphatic carbocycles. The van der Waals surface area contributed by atoms with E-state index in [0.29, 0.717) is 0 Å². The van der Waals surface area contributed by atoms with Crippen LogP contribution in [0.1, 0.15) is 22.3 Å². The van der Waals surface area contributed by atoms with Crippen LogP contribution >= 0.6 is 11.3 Å². The van der Waals surface area contributed by atoms with E-state index in [4.69, 9.17) is 0 Å². The molecular formula is C59H38N2S. The van der Waals surface area contributed by atoms with Crippen LogP contribution in [0.5, 0.6) is 0 Å². The molecule has 0 radical (unpaired) electrons. The highest BCUT2D eigenvalue weighted by molar-refractivity contribution is 7.25. The van der Waals surface area contributed by atoms with E-state index in [0.717, 1.165) is 34.1 Å². The second-order valence-electron chi connectivity index (χ2n) is 16.4. The SMILES string of the molecule is c1ccc(N(c2ccccc2)c2ccc3c(c2)C2(c4ccccc4-3)c3ccccc3-c3c2cc(N(c2ccccc2)c2ccc4sc5ccccc5c4c2)c2ccccc32)cc1. The molecule has 0 saturated heterocycles. The zero-order valence-corrected chi connectivity index (χ0v) is 34.6. The monoisotopic (exact) mass is 806 g/mol. The molecule has 1 atom stereocenters. The summed E-state index contributed by atoms with van der Waals surface area (Å²) in [7, 11) is 0. The third-order valence-corrected chi connectivity index (χ3v) is 14.4. The molecule has 3 heteroatoms. The number of hydrogen-bond acceptors (Lipinski definition) is 3. The summed E-state index contributed by atoms with van der Waals surface area (Å²) in [4.78, 5) is 4.89. The molecule has 0 amide bonds. The Labute approximate surface area is 364 Å². The van der Waals surface area contributed by atoms with Gasteiger partial charge in [-0.2, -0.15) is 0 Å². The van der Waals surface area contributed by atoms with Gasteiger partial charge < -0.3 is 9.80 Å². The normalized spacial score (nSPS) is 14.5. The second kappa shape index (κ2) is 13.7. The van der Waals surface area contributed by atoms with Gasteiger partial charge in [-0.3, -0.25) is 0 Å². The van der Waals surface area contributed by atoms with Crippen molar-refractivity contribution < 1.29 is 0 Å². The number of hydrogen-bond donors (Lipinski definition) is 0. The van der Waals surface area contributed by atoms with Gasteiger partial charge in [-0.25, -0.2) is 0 Å². The largest absolute Gasteiger partial charge is 0.310 e. The molecule has 1 unspecified atom stereocenters. The molecule has 2 nitrogen and oxygen atoms in total. The molecule has 0 saturated carbocycles. The minimum Gasteiger partial charge on any atom is -0.310 e. The summed E-state index contributed by atoms with van der Waals surface area (Å²) in [5.41, 5.74) is 16.6. The first kappa shape index (κ1) is 35.1. The van der Waals surface area contributed by atoms with E-state index < -0.39 is 5.41 Å². The Morgan fingerprint density at radius 3 is 1.50 bits per heavy atom. The lowest BCUT2D eigenvalue weighted by Crippen LogP contribution is -2.26. The maximum atomic E-state index is 2.55. The van der Waals surface area contributed by atoms with E-state index >= 15 is 0 Å². The van der Waals surface area contributed by atoms with Crippen LogP contribution in [0.25, 0.3) is 53.2 Å². The Bertz CT molecular complexity index is 3500. The number of nitrogens with zero attached hydrogens (tertiary/aromatic N) is 2. The van der Waals surface area contributed by atoms with Crippen molar-refractivity contribution in [1.29, 1.82) is 0 Å². The minimum atomic E-state index is -0.582. The Morgan fingerprint density at radius 2 is 0.790 bits per heavy atom. The summed E-state index contributed by atoms with van der Waals surface area (Å²) in [6, 6.07) is 85.4. The van der Waals surface area contributed by atoms with E-state index in [1.807, 2.05) is 11.3 Å². The number of benzene rings is 10. The van der Waals surface area contributed by atoms with Crippen molar-refractivity contribution in [3.63, 3.8) is 0 Å². The lowest BCUT2D eigenvalue weighted by Gasteiger charge is -2.34. The fraction of sp³-hybridized carbons (Fsp3) is 0.0169. The molecule has 0 N–H and O–H groups in total. The van der Waals surface area contributed by atoms with E-state index in [-0.39, 0.29) is 0 Å². The van der Waals surface area contributed by atoms with E-state index in [1.54, 1.807) is 0 Å². The average molecular weight is 807 g/mol. The van der Waals surface area contributed by atoms with Crippen LogP contribution in [0.3, 0.4) is 0 Å². The van der Waals surface area contributed by atoms with Crippen LogP contribution in [-0.4, -0.2) is 0 Å². The summed E-state index contributed by atoms with van der Waals surface area (Å²) < 4.78 is 2.61. The number of thiophene rings is 1. The average Bonchev–Trinajstić information content (AvgIpc) is 3.96. The molecule has 11 aromatic rings. The first-order valence-electron chi connectivity index (χ1n) is 21.3. The maximum absolute atomic E-state index is 2.55. The molecule has 290 valence electrons. The van der Waals surface area contributed by atoms with Crippen LogP contribution in [0.4, 0.5) is 34.1 Å². The Kier molecular flexibility index (Phi) is 7.72. The van der Waals surface area contributed by atoms with Crippen molar-refractivity contribution in [2.75, 3.05) is 9.80 Å². The zero-order chi connectivity index (χ0) is 40.8. The molecule has 10 aromatic carbocycles. The number of para-hydroxylation sites is 3. The van der Waals surface area contributed by atoms with Crippen molar-refractivity contribution in [2.45, 2.75) is 5.41 Å². The topological polar surface area (TPSA) is 6.48 Å². The summed E-state index contributed by atoms with van der Waals surface area (Å²) in [6.45, 7) is 0. The van der Waals surface area contributed by atoms with Crippen LogP contribution in [-0.2, 0) is 5.41 Å². The van der Waals surface area contributed by atoms with Crippen molar-refractivity contribution >= 4 is 76.4 Å². The maximum Gasteiger partial charge on any atom is 0.0727 e. The van der Waals surface area contributed by atoms with Gasteiger partial charge in [0.25, 0.3) is 0 Å². The van der Waals surface area contributed by atoms with Gasteiger partial charge in [0.15, 0.2) is 0 Å². The molecule has 0 bridgehead atoms. The number of anilines is 6. The molecule has 1 heterocycles. The number of rotatable bonds is 6. The molecule has 1 spiro atoms. The van der Waals surface area contributed by atoms with Gasteiger partial charge in [0.1, 0.15) is 0 Å². The van der Waals surface area contributed by atoms with E-state index in [1.165, 1.54) is 75.5 Å². The predicted octanol–water partition coefficient (Wildman–Crippen LogP) is 16.5. The van der Waals surface area contributed by atoms with Gasteiger partial charge in [0.2, 0.25) is 0 Å². The standard InChI is InChI=1S/C59H38N2S/c1-4-18-39(19-5-1)60(40-20-6-2-7-21-40)43-32-34-45-44-24-12-15-29-51(44)59(53(45)37-43)52-30-16-13-28-49(52)58-48-27-11-10-25-46(48)55(38-54(58)59)61(41-22-8-3-9-23-41)42-33-35-57-50(36-42)47-26-14-17-31-56(47)62-57/h1-38H. The molecule has 2 aliphatic rings. The first-order valence-corrected chi connectivity index (χ1v) is 22.2. The quantitative estimate of drug-likeness (QED) is 0.165. The molecule has 1 aromatic heterocycles. The zero-order valence-electron chi connectivity index (χ0n) is 33.7. The Balaban J connectivity index is 1.13. The van der Waals surface area contributed by atoms with Crippen molar-refractivity contribution in [2.24, 2.45) is 0 Å².